The van der Waals surface area contributed by atoms with E-state index in [1.54, 1.807) is 11.8 Å². The normalized spacial score (nSPS) is 22.8. The summed E-state index contributed by atoms with van der Waals surface area (Å²) in [6.45, 7) is 3.07. The molecule has 1 saturated heterocycles. The lowest BCUT2D eigenvalue weighted by Gasteiger charge is -2.21. The number of aliphatic hydroxyl groups excluding tert-OH is 1. The molecule has 1 amide bonds. The van der Waals surface area contributed by atoms with E-state index in [1.165, 1.54) is 0 Å². The van der Waals surface area contributed by atoms with Gasteiger partial charge in [-0.1, -0.05) is 30.3 Å². The topological polar surface area (TPSA) is 66.6 Å². The Morgan fingerprint density at radius 2 is 2.11 bits per heavy atom. The molecule has 0 bridgehead atoms. The van der Waals surface area contributed by atoms with Crippen LogP contribution in [0.2, 0.25) is 0 Å². The summed E-state index contributed by atoms with van der Waals surface area (Å²) in [6.07, 6.45) is 0.487. The molecule has 2 rings (SSSR count). The van der Waals surface area contributed by atoms with E-state index in [4.69, 9.17) is 5.73 Å². The molecule has 4 nitrogen and oxygen atoms in total. The molecule has 98 valence electrons. The number of amides is 1. The van der Waals surface area contributed by atoms with Crippen LogP contribution in [0, 0.1) is 5.92 Å². The van der Waals surface area contributed by atoms with Gasteiger partial charge in [-0.3, -0.25) is 4.79 Å². The highest BCUT2D eigenvalue weighted by atomic mass is 16.3. The summed E-state index contributed by atoms with van der Waals surface area (Å²) >= 11 is 0. The maximum absolute atomic E-state index is 12.2. The van der Waals surface area contributed by atoms with Gasteiger partial charge in [0, 0.05) is 19.0 Å². The molecule has 0 aromatic heterocycles. The molecule has 1 aliphatic heterocycles. The SMILES string of the molecule is CC(O)C1CCN(C(=O)[C@H](N)c2ccccc2)C1. The number of hydrogen-bond acceptors (Lipinski definition) is 3. The molecule has 0 radical (unpaired) electrons. The molecule has 18 heavy (non-hydrogen) atoms. The fraction of sp³-hybridized carbons (Fsp3) is 0.500. The predicted octanol–water partition coefficient (Wildman–Crippen LogP) is 0.916. The van der Waals surface area contributed by atoms with E-state index in [0.29, 0.717) is 13.1 Å². The fourth-order valence-corrected chi connectivity index (χ4v) is 2.38. The number of carbonyl (C=O) groups excluding carboxylic acids is 1. The van der Waals surface area contributed by atoms with Crippen molar-refractivity contribution in [2.24, 2.45) is 11.7 Å². The van der Waals surface area contributed by atoms with Crippen LogP contribution in [0.1, 0.15) is 24.9 Å². The highest BCUT2D eigenvalue weighted by Gasteiger charge is 2.31. The Bertz CT molecular complexity index is 406. The molecule has 3 N–H and O–H groups in total. The van der Waals surface area contributed by atoms with Crippen LogP contribution in [0.25, 0.3) is 0 Å². The highest BCUT2D eigenvalue weighted by molar-refractivity contribution is 5.83. The molecular formula is C14H20N2O2. The van der Waals surface area contributed by atoms with Crippen LogP contribution in [-0.4, -0.2) is 35.1 Å². The van der Waals surface area contributed by atoms with Gasteiger partial charge in [-0.05, 0) is 18.9 Å². The molecule has 1 aromatic carbocycles. The lowest BCUT2D eigenvalue weighted by atomic mass is 10.0. The van der Waals surface area contributed by atoms with Crippen molar-refractivity contribution < 1.29 is 9.90 Å². The van der Waals surface area contributed by atoms with Crippen LogP contribution in [0.15, 0.2) is 30.3 Å². The molecular weight excluding hydrogens is 228 g/mol. The second-order valence-electron chi connectivity index (χ2n) is 4.96. The van der Waals surface area contributed by atoms with Gasteiger partial charge in [0.2, 0.25) is 5.91 Å². The van der Waals surface area contributed by atoms with Crippen molar-refractivity contribution in [2.45, 2.75) is 25.5 Å². The van der Waals surface area contributed by atoms with Gasteiger partial charge in [0.25, 0.3) is 0 Å². The number of rotatable bonds is 3. The molecule has 1 aromatic rings. The molecule has 4 heteroatoms. The minimum atomic E-state index is -0.598. The van der Waals surface area contributed by atoms with Gasteiger partial charge in [-0.15, -0.1) is 0 Å². The van der Waals surface area contributed by atoms with Crippen LogP contribution in [0.4, 0.5) is 0 Å². The third-order valence-corrected chi connectivity index (χ3v) is 3.64. The van der Waals surface area contributed by atoms with Crippen LogP contribution < -0.4 is 5.73 Å². The third kappa shape index (κ3) is 2.71. The Labute approximate surface area is 107 Å². The standard InChI is InChI=1S/C14H20N2O2/c1-10(17)12-7-8-16(9-12)14(18)13(15)11-5-3-2-4-6-11/h2-6,10,12-13,17H,7-9,15H2,1H3/t10?,12?,13-/m1/s1. The summed E-state index contributed by atoms with van der Waals surface area (Å²) in [5.41, 5.74) is 6.82. The summed E-state index contributed by atoms with van der Waals surface area (Å²) in [6, 6.07) is 8.80. The van der Waals surface area contributed by atoms with Gasteiger partial charge in [0.1, 0.15) is 6.04 Å². The van der Waals surface area contributed by atoms with E-state index in [-0.39, 0.29) is 17.9 Å². The molecule has 0 aliphatic carbocycles. The molecule has 1 aliphatic rings. The minimum Gasteiger partial charge on any atom is -0.393 e. The van der Waals surface area contributed by atoms with Gasteiger partial charge >= 0.3 is 0 Å². The van der Waals surface area contributed by atoms with Crippen LogP contribution >= 0.6 is 0 Å². The van der Waals surface area contributed by atoms with E-state index in [9.17, 15) is 9.90 Å². The van der Waals surface area contributed by atoms with Gasteiger partial charge < -0.3 is 15.7 Å². The summed E-state index contributed by atoms with van der Waals surface area (Å²) < 4.78 is 0. The second-order valence-corrected chi connectivity index (χ2v) is 4.96. The number of nitrogens with zero attached hydrogens (tertiary/aromatic N) is 1. The summed E-state index contributed by atoms with van der Waals surface area (Å²) in [4.78, 5) is 14.0. The van der Waals surface area contributed by atoms with E-state index >= 15 is 0 Å². The first kappa shape index (κ1) is 13.1. The molecule has 0 saturated carbocycles. The van der Waals surface area contributed by atoms with Gasteiger partial charge in [0.05, 0.1) is 6.10 Å². The average molecular weight is 248 g/mol. The highest BCUT2D eigenvalue weighted by Crippen LogP contribution is 2.22. The number of hydrogen-bond donors (Lipinski definition) is 2. The fourth-order valence-electron chi connectivity index (χ4n) is 2.38. The van der Waals surface area contributed by atoms with Crippen LogP contribution in [-0.2, 0) is 4.79 Å². The summed E-state index contributed by atoms with van der Waals surface area (Å²) in [5, 5.41) is 9.54. The Morgan fingerprint density at radius 3 is 2.67 bits per heavy atom. The lowest BCUT2D eigenvalue weighted by Crippen LogP contribution is -2.37. The Hall–Kier alpha value is -1.39. The molecule has 3 atom stereocenters. The first-order valence-corrected chi connectivity index (χ1v) is 6.37. The van der Waals surface area contributed by atoms with Crippen molar-refractivity contribution in [3.05, 3.63) is 35.9 Å². The van der Waals surface area contributed by atoms with E-state index in [2.05, 4.69) is 0 Å². The summed E-state index contributed by atoms with van der Waals surface area (Å²) in [5.74, 6) is 0.126. The number of aliphatic hydroxyl groups is 1. The largest absolute Gasteiger partial charge is 0.393 e. The smallest absolute Gasteiger partial charge is 0.244 e. The minimum absolute atomic E-state index is 0.0515. The molecule has 1 fully saturated rings. The van der Waals surface area contributed by atoms with Crippen molar-refractivity contribution >= 4 is 5.91 Å². The maximum atomic E-state index is 12.2. The Kier molecular flexibility index (Phi) is 3.99. The Morgan fingerprint density at radius 1 is 1.44 bits per heavy atom. The molecule has 2 unspecified atom stereocenters. The number of likely N-dealkylation sites (tertiary alicyclic amines) is 1. The van der Waals surface area contributed by atoms with Crippen LogP contribution in [0.5, 0.6) is 0 Å². The van der Waals surface area contributed by atoms with Crippen LogP contribution in [0.3, 0.4) is 0 Å². The zero-order chi connectivity index (χ0) is 13.1. The number of benzene rings is 1. The zero-order valence-electron chi connectivity index (χ0n) is 10.6. The van der Waals surface area contributed by atoms with Crippen molar-refractivity contribution in [1.82, 2.24) is 4.90 Å². The van der Waals surface area contributed by atoms with Gasteiger partial charge in [0.15, 0.2) is 0 Å². The monoisotopic (exact) mass is 248 g/mol. The number of nitrogens with two attached hydrogens (primary N) is 1. The summed E-state index contributed by atoms with van der Waals surface area (Å²) in [7, 11) is 0. The van der Waals surface area contributed by atoms with Gasteiger partial charge in [-0.2, -0.15) is 0 Å². The first-order valence-electron chi connectivity index (χ1n) is 6.37. The lowest BCUT2D eigenvalue weighted by molar-refractivity contribution is -0.131. The quantitative estimate of drug-likeness (QED) is 0.835. The molecule has 0 spiro atoms. The van der Waals surface area contributed by atoms with Crippen molar-refractivity contribution in [2.75, 3.05) is 13.1 Å². The molecule has 1 heterocycles. The van der Waals surface area contributed by atoms with Gasteiger partial charge in [-0.25, -0.2) is 0 Å². The first-order chi connectivity index (χ1) is 8.59. The van der Waals surface area contributed by atoms with E-state index < -0.39 is 6.04 Å². The van der Waals surface area contributed by atoms with Crippen molar-refractivity contribution in [3.63, 3.8) is 0 Å². The second kappa shape index (κ2) is 5.50. The van der Waals surface area contributed by atoms with Crippen molar-refractivity contribution in [3.8, 4) is 0 Å². The average Bonchev–Trinajstić information content (AvgIpc) is 2.88. The predicted molar refractivity (Wildman–Crippen MR) is 69.7 cm³/mol. The Balaban J connectivity index is 2.00. The van der Waals surface area contributed by atoms with Crippen molar-refractivity contribution in [1.29, 1.82) is 0 Å². The van der Waals surface area contributed by atoms with E-state index in [0.717, 1.165) is 12.0 Å². The number of carbonyl (C=O) groups is 1. The third-order valence-electron chi connectivity index (χ3n) is 3.64. The maximum Gasteiger partial charge on any atom is 0.244 e. The van der Waals surface area contributed by atoms with E-state index in [1.807, 2.05) is 30.3 Å². The zero-order valence-corrected chi connectivity index (χ0v) is 10.6.